The van der Waals surface area contributed by atoms with Gasteiger partial charge in [-0.25, -0.2) is 8.42 Å². The minimum absolute atomic E-state index is 0.0641. The molecule has 6 nitrogen and oxygen atoms in total. The summed E-state index contributed by atoms with van der Waals surface area (Å²) >= 11 is 0. The Morgan fingerprint density at radius 1 is 1.41 bits per heavy atom. The van der Waals surface area contributed by atoms with E-state index < -0.39 is 15.4 Å². The normalized spacial score (nSPS) is 19.9. The molecule has 0 aliphatic carbocycles. The minimum atomic E-state index is -3.12. The summed E-state index contributed by atoms with van der Waals surface area (Å²) in [5, 5.41) is 12.6. The van der Waals surface area contributed by atoms with Crippen molar-refractivity contribution in [2.45, 2.75) is 24.9 Å². The minimum Gasteiger partial charge on any atom is -0.388 e. The molecule has 1 saturated heterocycles. The van der Waals surface area contributed by atoms with Gasteiger partial charge in [0.15, 0.2) is 0 Å². The topological polar surface area (TPSA) is 92.7 Å². The van der Waals surface area contributed by atoms with Gasteiger partial charge in [-0.15, -0.1) is 0 Å². The number of sulfone groups is 1. The highest BCUT2D eigenvalue weighted by Gasteiger charge is 2.30. The molecule has 0 unspecified atom stereocenters. The third-order valence-corrected chi connectivity index (χ3v) is 3.68. The average molecular weight is 265 g/mol. The van der Waals surface area contributed by atoms with Gasteiger partial charge in [0.1, 0.15) is 9.84 Å². The number of carbonyl (C=O) groups is 1. The zero-order valence-corrected chi connectivity index (χ0v) is 10.8. The summed E-state index contributed by atoms with van der Waals surface area (Å²) in [5.74, 6) is -0.518. The molecule has 1 amide bonds. The Morgan fingerprint density at radius 3 is 2.53 bits per heavy atom. The van der Waals surface area contributed by atoms with Crippen LogP contribution in [0.25, 0.3) is 0 Å². The maximum atomic E-state index is 11.4. The van der Waals surface area contributed by atoms with E-state index in [1.807, 2.05) is 0 Å². The Hall–Kier alpha value is -0.660. The zero-order chi connectivity index (χ0) is 12.9. The summed E-state index contributed by atoms with van der Waals surface area (Å²) in [5.41, 5.74) is -0.918. The maximum absolute atomic E-state index is 11.4. The smallest absolute Gasteiger partial charge is 0.221 e. The molecule has 1 aliphatic rings. The number of hydrogen-bond acceptors (Lipinski definition) is 5. The first-order valence-corrected chi connectivity index (χ1v) is 7.61. The highest BCUT2D eigenvalue weighted by Crippen LogP contribution is 2.19. The van der Waals surface area contributed by atoms with Crippen LogP contribution in [0.1, 0.15) is 19.3 Å². The molecule has 1 fully saturated rings. The van der Waals surface area contributed by atoms with E-state index >= 15 is 0 Å². The fraction of sp³-hybridized carbons (Fsp3) is 0.900. The second-order valence-electron chi connectivity index (χ2n) is 4.49. The zero-order valence-electron chi connectivity index (χ0n) is 9.94. The van der Waals surface area contributed by atoms with Gasteiger partial charge >= 0.3 is 0 Å². The van der Waals surface area contributed by atoms with E-state index in [-0.39, 0.29) is 24.6 Å². The lowest BCUT2D eigenvalue weighted by molar-refractivity contribution is -0.123. The van der Waals surface area contributed by atoms with Crippen molar-refractivity contribution in [3.05, 3.63) is 0 Å². The van der Waals surface area contributed by atoms with Gasteiger partial charge < -0.3 is 15.2 Å². The highest BCUT2D eigenvalue weighted by molar-refractivity contribution is 7.90. The van der Waals surface area contributed by atoms with Crippen LogP contribution in [0.4, 0.5) is 0 Å². The standard InChI is InChI=1S/C10H19NO5S/c1-17(14,15)7-2-9(12)11-8-10(13)3-5-16-6-4-10/h13H,2-8H2,1H3,(H,11,12). The quantitative estimate of drug-likeness (QED) is 0.670. The fourth-order valence-electron chi connectivity index (χ4n) is 1.56. The molecule has 100 valence electrons. The lowest BCUT2D eigenvalue weighted by Gasteiger charge is -2.32. The van der Waals surface area contributed by atoms with E-state index in [4.69, 9.17) is 4.74 Å². The van der Waals surface area contributed by atoms with E-state index in [0.717, 1.165) is 6.26 Å². The Balaban J connectivity index is 2.27. The molecule has 0 aromatic rings. The number of nitrogens with one attached hydrogen (secondary N) is 1. The molecule has 1 rings (SSSR count). The first-order chi connectivity index (χ1) is 7.81. The molecule has 0 radical (unpaired) electrons. The molecule has 0 saturated carbocycles. The second kappa shape index (κ2) is 5.79. The molecular weight excluding hydrogens is 246 g/mol. The predicted molar refractivity (Wildman–Crippen MR) is 62.3 cm³/mol. The van der Waals surface area contributed by atoms with Crippen molar-refractivity contribution >= 4 is 15.7 Å². The van der Waals surface area contributed by atoms with Crippen molar-refractivity contribution in [3.63, 3.8) is 0 Å². The number of ether oxygens (including phenoxy) is 1. The maximum Gasteiger partial charge on any atom is 0.221 e. The predicted octanol–water partition coefficient (Wildman–Crippen LogP) is -0.921. The molecule has 0 bridgehead atoms. The molecule has 0 atom stereocenters. The molecule has 2 N–H and O–H groups in total. The van der Waals surface area contributed by atoms with E-state index in [1.54, 1.807) is 0 Å². The van der Waals surface area contributed by atoms with Crippen LogP contribution in [0, 0.1) is 0 Å². The van der Waals surface area contributed by atoms with Crippen LogP contribution in [0.15, 0.2) is 0 Å². The van der Waals surface area contributed by atoms with Crippen LogP contribution in [-0.2, 0) is 19.4 Å². The number of rotatable bonds is 5. The van der Waals surface area contributed by atoms with E-state index in [0.29, 0.717) is 26.1 Å². The third-order valence-electron chi connectivity index (χ3n) is 2.74. The van der Waals surface area contributed by atoms with Crippen molar-refractivity contribution in [1.82, 2.24) is 5.32 Å². The highest BCUT2D eigenvalue weighted by atomic mass is 32.2. The van der Waals surface area contributed by atoms with E-state index in [2.05, 4.69) is 5.32 Å². The van der Waals surface area contributed by atoms with Crippen LogP contribution >= 0.6 is 0 Å². The SMILES string of the molecule is CS(=O)(=O)CCC(=O)NCC1(O)CCOCC1. The van der Waals surface area contributed by atoms with Crippen molar-refractivity contribution < 1.29 is 23.1 Å². The molecule has 0 aromatic heterocycles. The fourth-order valence-corrected chi connectivity index (χ4v) is 2.11. The lowest BCUT2D eigenvalue weighted by atomic mass is 9.94. The van der Waals surface area contributed by atoms with Gasteiger partial charge in [-0.2, -0.15) is 0 Å². The Bertz CT molecular complexity index is 359. The van der Waals surface area contributed by atoms with Gasteiger partial charge in [0.2, 0.25) is 5.91 Å². The summed E-state index contributed by atoms with van der Waals surface area (Å²) < 4.78 is 26.8. The van der Waals surface area contributed by atoms with Gasteiger partial charge in [-0.1, -0.05) is 0 Å². The molecule has 7 heteroatoms. The molecule has 0 aromatic carbocycles. The Kier molecular flexibility index (Phi) is 4.91. The number of carbonyl (C=O) groups excluding carboxylic acids is 1. The number of hydrogen-bond donors (Lipinski definition) is 2. The van der Waals surface area contributed by atoms with Crippen LogP contribution in [-0.4, -0.2) is 56.8 Å². The van der Waals surface area contributed by atoms with Gasteiger partial charge in [0, 0.05) is 45.3 Å². The van der Waals surface area contributed by atoms with Crippen LogP contribution in [0.2, 0.25) is 0 Å². The third kappa shape index (κ3) is 5.99. The monoisotopic (exact) mass is 265 g/mol. The molecule has 1 heterocycles. The van der Waals surface area contributed by atoms with Gasteiger partial charge in [0.05, 0.1) is 11.4 Å². The van der Waals surface area contributed by atoms with E-state index in [1.165, 1.54) is 0 Å². The van der Waals surface area contributed by atoms with Crippen molar-refractivity contribution in [1.29, 1.82) is 0 Å². The van der Waals surface area contributed by atoms with Crippen LogP contribution < -0.4 is 5.32 Å². The van der Waals surface area contributed by atoms with Gasteiger partial charge in [-0.05, 0) is 0 Å². The van der Waals surface area contributed by atoms with Crippen LogP contribution in [0.3, 0.4) is 0 Å². The first-order valence-electron chi connectivity index (χ1n) is 5.55. The van der Waals surface area contributed by atoms with E-state index in [9.17, 15) is 18.3 Å². The lowest BCUT2D eigenvalue weighted by Crippen LogP contribution is -2.46. The Morgan fingerprint density at radius 2 is 2.00 bits per heavy atom. The summed E-state index contributed by atoms with van der Waals surface area (Å²) in [6, 6.07) is 0. The summed E-state index contributed by atoms with van der Waals surface area (Å²) in [6.45, 7) is 1.12. The van der Waals surface area contributed by atoms with Gasteiger partial charge in [0.25, 0.3) is 0 Å². The average Bonchev–Trinajstić information content (AvgIpc) is 2.24. The molecule has 1 aliphatic heterocycles. The second-order valence-corrected chi connectivity index (χ2v) is 6.75. The van der Waals surface area contributed by atoms with Crippen molar-refractivity contribution in [2.24, 2.45) is 0 Å². The van der Waals surface area contributed by atoms with Crippen molar-refractivity contribution in [3.8, 4) is 0 Å². The van der Waals surface area contributed by atoms with Crippen LogP contribution in [0.5, 0.6) is 0 Å². The summed E-state index contributed by atoms with van der Waals surface area (Å²) in [7, 11) is -3.12. The molecule has 17 heavy (non-hydrogen) atoms. The van der Waals surface area contributed by atoms with Crippen molar-refractivity contribution in [2.75, 3.05) is 31.8 Å². The number of aliphatic hydroxyl groups is 1. The summed E-state index contributed by atoms with van der Waals surface area (Å²) in [6.07, 6.45) is 2.00. The molecular formula is C10H19NO5S. The first kappa shape index (κ1) is 14.4. The molecule has 0 spiro atoms. The summed E-state index contributed by atoms with van der Waals surface area (Å²) in [4.78, 5) is 11.4. The Labute approximate surface area is 101 Å². The number of amides is 1. The van der Waals surface area contributed by atoms with Gasteiger partial charge in [-0.3, -0.25) is 4.79 Å². The largest absolute Gasteiger partial charge is 0.388 e.